The number of aromatic hydroxyl groups is 1. The first-order chi connectivity index (χ1) is 5.43. The number of hydrogen-bond acceptors (Lipinski definition) is 2. The number of benzene rings is 1. The van der Waals surface area contributed by atoms with Gasteiger partial charge in [0.2, 0.25) is 0 Å². The zero-order valence-corrected chi connectivity index (χ0v) is 8.52. The second kappa shape index (κ2) is 3.02. The Labute approximate surface area is 78.8 Å². The summed E-state index contributed by atoms with van der Waals surface area (Å²) < 4.78 is 0. The summed E-state index contributed by atoms with van der Waals surface area (Å²) in [4.78, 5) is 0.641. The summed E-state index contributed by atoms with van der Waals surface area (Å²) in [6, 6.07) is 5.62. The molecule has 66 valence electrons. The topological polar surface area (TPSA) is 20.2 Å². The van der Waals surface area contributed by atoms with Crippen LogP contribution in [0.25, 0.3) is 0 Å². The van der Waals surface area contributed by atoms with Crippen LogP contribution in [0.15, 0.2) is 23.1 Å². The maximum Gasteiger partial charge on any atom is 0.132 e. The zero-order valence-electron chi connectivity index (χ0n) is 7.63. The van der Waals surface area contributed by atoms with Crippen LogP contribution in [0.1, 0.15) is 26.3 Å². The molecule has 1 N–H and O–H groups in total. The maximum absolute atomic E-state index is 9.66. The van der Waals surface area contributed by atoms with Gasteiger partial charge < -0.3 is 5.11 Å². The van der Waals surface area contributed by atoms with Crippen molar-refractivity contribution in [3.63, 3.8) is 0 Å². The van der Waals surface area contributed by atoms with Gasteiger partial charge >= 0.3 is 0 Å². The van der Waals surface area contributed by atoms with E-state index in [1.165, 1.54) is 0 Å². The molecule has 0 saturated carbocycles. The highest BCUT2D eigenvalue weighted by molar-refractivity contribution is 7.80. The molecule has 1 aromatic carbocycles. The van der Waals surface area contributed by atoms with Crippen LogP contribution in [0.5, 0.6) is 5.75 Å². The molecule has 0 aromatic heterocycles. The highest BCUT2D eigenvalue weighted by Crippen LogP contribution is 2.34. The summed E-state index contributed by atoms with van der Waals surface area (Å²) in [5.74, 6) is 0.299. The number of phenols is 1. The molecule has 0 amide bonds. The summed E-state index contributed by atoms with van der Waals surface area (Å²) >= 11 is 4.15. The van der Waals surface area contributed by atoms with Crippen molar-refractivity contribution in [2.75, 3.05) is 0 Å². The van der Waals surface area contributed by atoms with Crippen LogP contribution >= 0.6 is 12.6 Å². The SMILES string of the molecule is CC(C)(C)c1cccc(S)c1O. The Bertz CT molecular complexity index is 286. The summed E-state index contributed by atoms with van der Waals surface area (Å²) in [6.07, 6.45) is 0. The molecule has 0 fully saturated rings. The van der Waals surface area contributed by atoms with Crippen LogP contribution in [0.4, 0.5) is 0 Å². The van der Waals surface area contributed by atoms with Crippen molar-refractivity contribution in [1.29, 1.82) is 0 Å². The Morgan fingerprint density at radius 3 is 2.25 bits per heavy atom. The molecule has 0 heterocycles. The lowest BCUT2D eigenvalue weighted by Gasteiger charge is -2.20. The quantitative estimate of drug-likeness (QED) is 0.591. The average Bonchev–Trinajstić information content (AvgIpc) is 1.92. The average molecular weight is 182 g/mol. The van der Waals surface area contributed by atoms with E-state index in [2.05, 4.69) is 33.4 Å². The van der Waals surface area contributed by atoms with Crippen LogP contribution < -0.4 is 0 Å². The third-order valence-corrected chi connectivity index (χ3v) is 2.18. The molecule has 0 aliphatic heterocycles. The molecule has 0 aliphatic rings. The van der Waals surface area contributed by atoms with Gasteiger partial charge in [0.1, 0.15) is 5.75 Å². The van der Waals surface area contributed by atoms with Crippen molar-refractivity contribution in [2.45, 2.75) is 31.1 Å². The molecule has 0 unspecified atom stereocenters. The highest BCUT2D eigenvalue weighted by atomic mass is 32.1. The van der Waals surface area contributed by atoms with E-state index in [1.54, 1.807) is 6.07 Å². The van der Waals surface area contributed by atoms with Crippen molar-refractivity contribution < 1.29 is 5.11 Å². The normalized spacial score (nSPS) is 11.7. The molecule has 1 aromatic rings. The highest BCUT2D eigenvalue weighted by Gasteiger charge is 2.18. The number of para-hydroxylation sites is 1. The number of thiol groups is 1. The van der Waals surface area contributed by atoms with Crippen LogP contribution in [0.2, 0.25) is 0 Å². The van der Waals surface area contributed by atoms with Gasteiger partial charge in [-0.3, -0.25) is 0 Å². The van der Waals surface area contributed by atoms with Crippen molar-refractivity contribution in [3.05, 3.63) is 23.8 Å². The maximum atomic E-state index is 9.66. The minimum Gasteiger partial charge on any atom is -0.506 e. The Hall–Kier alpha value is -0.630. The van der Waals surface area contributed by atoms with Gasteiger partial charge in [0, 0.05) is 10.5 Å². The van der Waals surface area contributed by atoms with Gasteiger partial charge in [0.25, 0.3) is 0 Å². The fraction of sp³-hybridized carbons (Fsp3) is 0.400. The Morgan fingerprint density at radius 1 is 1.25 bits per heavy atom. The summed E-state index contributed by atoms with van der Waals surface area (Å²) in [6.45, 7) is 6.19. The Kier molecular flexibility index (Phi) is 2.38. The smallest absolute Gasteiger partial charge is 0.132 e. The van der Waals surface area contributed by atoms with Crippen LogP contribution in [0, 0.1) is 0 Å². The third-order valence-electron chi connectivity index (χ3n) is 1.82. The standard InChI is InChI=1S/C10H14OS/c1-10(2,3)7-5-4-6-8(12)9(7)11/h4-6,11-12H,1-3H3. The van der Waals surface area contributed by atoms with E-state index in [9.17, 15) is 5.11 Å². The van der Waals surface area contributed by atoms with Crippen molar-refractivity contribution in [3.8, 4) is 5.75 Å². The van der Waals surface area contributed by atoms with Crippen molar-refractivity contribution in [1.82, 2.24) is 0 Å². The second-order valence-corrected chi connectivity index (χ2v) is 4.41. The number of rotatable bonds is 0. The molecule has 2 heteroatoms. The number of hydrogen-bond donors (Lipinski definition) is 2. The minimum atomic E-state index is -0.0250. The second-order valence-electron chi connectivity index (χ2n) is 3.92. The fourth-order valence-electron chi connectivity index (χ4n) is 1.14. The Morgan fingerprint density at radius 2 is 1.83 bits per heavy atom. The predicted octanol–water partition coefficient (Wildman–Crippen LogP) is 2.98. The van der Waals surface area contributed by atoms with Crippen molar-refractivity contribution >= 4 is 12.6 Å². The lowest BCUT2D eigenvalue weighted by atomic mass is 9.86. The van der Waals surface area contributed by atoms with E-state index in [-0.39, 0.29) is 5.41 Å². The minimum absolute atomic E-state index is 0.0250. The molecule has 0 atom stereocenters. The van der Waals surface area contributed by atoms with Gasteiger partial charge in [-0.1, -0.05) is 32.9 Å². The first-order valence-electron chi connectivity index (χ1n) is 3.94. The molecular formula is C10H14OS. The van der Waals surface area contributed by atoms with E-state index >= 15 is 0 Å². The van der Waals surface area contributed by atoms with Crippen molar-refractivity contribution in [2.24, 2.45) is 0 Å². The molecule has 12 heavy (non-hydrogen) atoms. The lowest BCUT2D eigenvalue weighted by Crippen LogP contribution is -2.11. The zero-order chi connectivity index (χ0) is 9.35. The van der Waals surface area contributed by atoms with E-state index in [4.69, 9.17) is 0 Å². The Balaban J connectivity index is 3.26. The first kappa shape index (κ1) is 9.46. The van der Waals surface area contributed by atoms with Crippen LogP contribution in [0.3, 0.4) is 0 Å². The van der Waals surface area contributed by atoms with E-state index < -0.39 is 0 Å². The summed E-state index contributed by atoms with van der Waals surface area (Å²) in [5.41, 5.74) is 0.915. The molecule has 0 bridgehead atoms. The van der Waals surface area contributed by atoms with E-state index in [0.29, 0.717) is 10.6 Å². The van der Waals surface area contributed by atoms with Gasteiger partial charge in [0.15, 0.2) is 0 Å². The molecule has 0 radical (unpaired) electrons. The van der Waals surface area contributed by atoms with Gasteiger partial charge in [-0.25, -0.2) is 0 Å². The molecule has 1 nitrogen and oxygen atoms in total. The molecule has 0 aliphatic carbocycles. The number of phenolic OH excluding ortho intramolecular Hbond substituents is 1. The lowest BCUT2D eigenvalue weighted by molar-refractivity contribution is 0.435. The monoisotopic (exact) mass is 182 g/mol. The first-order valence-corrected chi connectivity index (χ1v) is 4.39. The van der Waals surface area contributed by atoms with Crippen LogP contribution in [-0.4, -0.2) is 5.11 Å². The molecule has 1 rings (SSSR count). The molecule has 0 spiro atoms. The van der Waals surface area contributed by atoms with E-state index in [1.807, 2.05) is 12.1 Å². The summed E-state index contributed by atoms with van der Waals surface area (Å²) in [7, 11) is 0. The predicted molar refractivity (Wildman–Crippen MR) is 54.1 cm³/mol. The van der Waals surface area contributed by atoms with Gasteiger partial charge in [-0.05, 0) is 11.5 Å². The molecule has 0 saturated heterocycles. The van der Waals surface area contributed by atoms with E-state index in [0.717, 1.165) is 5.56 Å². The fourth-order valence-corrected chi connectivity index (χ4v) is 1.34. The molecular weight excluding hydrogens is 168 g/mol. The van der Waals surface area contributed by atoms with Crippen LogP contribution in [-0.2, 0) is 5.41 Å². The van der Waals surface area contributed by atoms with Gasteiger partial charge in [-0.2, -0.15) is 0 Å². The van der Waals surface area contributed by atoms with Gasteiger partial charge in [0.05, 0.1) is 0 Å². The largest absolute Gasteiger partial charge is 0.506 e. The summed E-state index contributed by atoms with van der Waals surface area (Å²) in [5, 5.41) is 9.66. The van der Waals surface area contributed by atoms with Gasteiger partial charge in [-0.15, -0.1) is 12.6 Å². The third kappa shape index (κ3) is 1.75.